The number of nitrogen functional groups attached to an aromatic ring is 1. The highest BCUT2D eigenvalue weighted by Gasteiger charge is 2.19. The summed E-state index contributed by atoms with van der Waals surface area (Å²) in [5.74, 6) is 0.463. The van der Waals surface area contributed by atoms with E-state index in [0.29, 0.717) is 16.7 Å². The number of amides is 1. The van der Waals surface area contributed by atoms with Gasteiger partial charge in [-0.2, -0.15) is 0 Å². The third kappa shape index (κ3) is 3.15. The molecule has 1 aromatic carbocycles. The van der Waals surface area contributed by atoms with Gasteiger partial charge in [-0.05, 0) is 18.2 Å². The van der Waals surface area contributed by atoms with Gasteiger partial charge in [0.15, 0.2) is 0 Å². The van der Waals surface area contributed by atoms with Gasteiger partial charge in [-0.25, -0.2) is 0 Å². The van der Waals surface area contributed by atoms with E-state index in [2.05, 4.69) is 5.32 Å². The number of carbonyl (C=O) groups is 1. The van der Waals surface area contributed by atoms with Crippen LogP contribution in [0.25, 0.3) is 0 Å². The predicted molar refractivity (Wildman–Crippen MR) is 66.5 cm³/mol. The molecule has 2 rings (SSSR count). The van der Waals surface area contributed by atoms with Gasteiger partial charge in [0, 0.05) is 11.4 Å². The van der Waals surface area contributed by atoms with Gasteiger partial charge in [-0.3, -0.25) is 4.79 Å². The number of ether oxygens (including phenoxy) is 1. The zero-order valence-electron chi connectivity index (χ0n) is 8.81. The summed E-state index contributed by atoms with van der Waals surface area (Å²) in [6, 6.07) is 7.17. The van der Waals surface area contributed by atoms with Gasteiger partial charge in [0.25, 0.3) is 0 Å². The van der Waals surface area contributed by atoms with Crippen LogP contribution in [0.3, 0.4) is 0 Å². The predicted octanol–water partition coefficient (Wildman–Crippen LogP) is 1.34. The quantitative estimate of drug-likeness (QED) is 0.777. The van der Waals surface area contributed by atoms with Crippen LogP contribution in [0, 0.1) is 0 Å². The number of nitrogens with one attached hydrogen (secondary N) is 1. The van der Waals surface area contributed by atoms with Crippen LogP contribution in [-0.4, -0.2) is 30.1 Å². The van der Waals surface area contributed by atoms with E-state index in [4.69, 9.17) is 10.5 Å². The lowest BCUT2D eigenvalue weighted by Crippen LogP contribution is -2.31. The van der Waals surface area contributed by atoms with Gasteiger partial charge in [-0.1, -0.05) is 6.07 Å². The van der Waals surface area contributed by atoms with Crippen molar-refractivity contribution >= 4 is 29.0 Å². The van der Waals surface area contributed by atoms with E-state index in [1.165, 1.54) is 0 Å². The van der Waals surface area contributed by atoms with Gasteiger partial charge in [0.2, 0.25) is 5.91 Å². The number of benzene rings is 1. The Labute approximate surface area is 98.5 Å². The minimum absolute atomic E-state index is 0.00231. The second kappa shape index (κ2) is 5.23. The average Bonchev–Trinajstić information content (AvgIpc) is 2.15. The van der Waals surface area contributed by atoms with Crippen molar-refractivity contribution in [2.24, 2.45) is 0 Å². The smallest absolute Gasteiger partial charge is 0.234 e. The molecule has 4 nitrogen and oxygen atoms in total. The van der Waals surface area contributed by atoms with Gasteiger partial charge < -0.3 is 15.8 Å². The molecule has 1 aliphatic heterocycles. The maximum absolute atomic E-state index is 11.6. The van der Waals surface area contributed by atoms with Crippen LogP contribution < -0.4 is 11.1 Å². The van der Waals surface area contributed by atoms with Gasteiger partial charge >= 0.3 is 0 Å². The molecular formula is C11H14N2O2S. The molecule has 0 aliphatic carbocycles. The molecule has 1 aromatic rings. The minimum atomic E-state index is 0.00231. The maximum Gasteiger partial charge on any atom is 0.234 e. The van der Waals surface area contributed by atoms with Crippen molar-refractivity contribution < 1.29 is 9.53 Å². The molecule has 0 radical (unpaired) electrons. The molecule has 0 unspecified atom stereocenters. The van der Waals surface area contributed by atoms with E-state index in [0.717, 1.165) is 18.9 Å². The highest BCUT2D eigenvalue weighted by Crippen LogP contribution is 2.19. The molecule has 1 saturated heterocycles. The van der Waals surface area contributed by atoms with Crippen LogP contribution in [0.2, 0.25) is 0 Å². The van der Waals surface area contributed by atoms with Crippen molar-refractivity contribution in [3.05, 3.63) is 24.3 Å². The number of thioether (sulfide) groups is 1. The molecule has 3 N–H and O–H groups in total. The Bertz CT molecular complexity index is 380. The molecule has 0 atom stereocenters. The number of nitrogens with two attached hydrogens (primary N) is 1. The Morgan fingerprint density at radius 1 is 1.56 bits per heavy atom. The molecule has 0 spiro atoms. The Hall–Kier alpha value is -1.20. The molecule has 0 bridgehead atoms. The number of hydrogen-bond donors (Lipinski definition) is 2. The van der Waals surface area contributed by atoms with Crippen LogP contribution in [0.1, 0.15) is 0 Å². The highest BCUT2D eigenvalue weighted by molar-refractivity contribution is 8.00. The number of carbonyl (C=O) groups excluding carboxylic acids is 1. The van der Waals surface area contributed by atoms with E-state index >= 15 is 0 Å². The molecular weight excluding hydrogens is 224 g/mol. The lowest BCUT2D eigenvalue weighted by Gasteiger charge is -2.24. The molecule has 1 amide bonds. The second-order valence-corrected chi connectivity index (χ2v) is 4.93. The van der Waals surface area contributed by atoms with Crippen molar-refractivity contribution in [3.8, 4) is 0 Å². The summed E-state index contributed by atoms with van der Waals surface area (Å²) >= 11 is 1.63. The van der Waals surface area contributed by atoms with Crippen molar-refractivity contribution in [1.82, 2.24) is 0 Å². The molecule has 1 heterocycles. The fraction of sp³-hybridized carbons (Fsp3) is 0.364. The normalized spacial score (nSPS) is 15.5. The average molecular weight is 238 g/mol. The molecule has 5 heteroatoms. The van der Waals surface area contributed by atoms with Gasteiger partial charge in [-0.15, -0.1) is 11.8 Å². The first-order valence-corrected chi connectivity index (χ1v) is 6.13. The summed E-state index contributed by atoms with van der Waals surface area (Å²) < 4.78 is 5.03. The zero-order valence-corrected chi connectivity index (χ0v) is 9.63. The van der Waals surface area contributed by atoms with Crippen molar-refractivity contribution in [2.75, 3.05) is 30.0 Å². The van der Waals surface area contributed by atoms with Crippen LogP contribution in [0.4, 0.5) is 11.4 Å². The third-order valence-corrected chi connectivity index (χ3v) is 3.40. The standard InChI is InChI=1S/C11H14N2O2S/c12-8-2-1-3-9(4-8)13-11(14)7-16-10-5-15-6-10/h1-4,10H,5-7,12H2,(H,13,14). The molecule has 0 aromatic heterocycles. The summed E-state index contributed by atoms with van der Waals surface area (Å²) in [6.45, 7) is 1.52. The van der Waals surface area contributed by atoms with E-state index < -0.39 is 0 Å². The fourth-order valence-corrected chi connectivity index (χ4v) is 2.16. The van der Waals surface area contributed by atoms with Crippen molar-refractivity contribution in [3.63, 3.8) is 0 Å². The Kier molecular flexibility index (Phi) is 3.69. The summed E-state index contributed by atoms with van der Waals surface area (Å²) in [7, 11) is 0. The van der Waals surface area contributed by atoms with Crippen LogP contribution in [0.5, 0.6) is 0 Å². The van der Waals surface area contributed by atoms with E-state index in [-0.39, 0.29) is 5.91 Å². The van der Waals surface area contributed by atoms with E-state index in [9.17, 15) is 4.79 Å². The first kappa shape index (κ1) is 11.3. The Morgan fingerprint density at radius 2 is 2.38 bits per heavy atom. The monoisotopic (exact) mass is 238 g/mol. The maximum atomic E-state index is 11.6. The van der Waals surface area contributed by atoms with Gasteiger partial charge in [0.05, 0.1) is 24.2 Å². The Balaban J connectivity index is 1.77. The van der Waals surface area contributed by atoms with Gasteiger partial charge in [0.1, 0.15) is 0 Å². The van der Waals surface area contributed by atoms with Crippen molar-refractivity contribution in [1.29, 1.82) is 0 Å². The SMILES string of the molecule is Nc1cccc(NC(=O)CSC2COC2)c1. The summed E-state index contributed by atoms with van der Waals surface area (Å²) in [6.07, 6.45) is 0. The van der Waals surface area contributed by atoms with E-state index in [1.807, 2.05) is 12.1 Å². The molecule has 1 aliphatic rings. The highest BCUT2D eigenvalue weighted by atomic mass is 32.2. The third-order valence-electron chi connectivity index (χ3n) is 2.23. The van der Waals surface area contributed by atoms with Crippen LogP contribution in [0.15, 0.2) is 24.3 Å². The van der Waals surface area contributed by atoms with Crippen LogP contribution in [-0.2, 0) is 9.53 Å². The number of rotatable bonds is 4. The minimum Gasteiger partial charge on any atom is -0.399 e. The first-order valence-electron chi connectivity index (χ1n) is 5.09. The topological polar surface area (TPSA) is 64.3 Å². The largest absolute Gasteiger partial charge is 0.399 e. The molecule has 0 saturated carbocycles. The number of anilines is 2. The lowest BCUT2D eigenvalue weighted by atomic mass is 10.3. The summed E-state index contributed by atoms with van der Waals surface area (Å²) in [5, 5.41) is 3.28. The summed E-state index contributed by atoms with van der Waals surface area (Å²) in [5.41, 5.74) is 7.01. The van der Waals surface area contributed by atoms with E-state index in [1.54, 1.807) is 23.9 Å². The fourth-order valence-electron chi connectivity index (χ4n) is 1.32. The molecule has 86 valence electrons. The second-order valence-electron chi connectivity index (χ2n) is 3.64. The summed E-state index contributed by atoms with van der Waals surface area (Å²) in [4.78, 5) is 11.6. The lowest BCUT2D eigenvalue weighted by molar-refractivity contribution is -0.113. The zero-order chi connectivity index (χ0) is 11.4. The molecule has 1 fully saturated rings. The number of hydrogen-bond acceptors (Lipinski definition) is 4. The van der Waals surface area contributed by atoms with Crippen molar-refractivity contribution in [2.45, 2.75) is 5.25 Å². The molecule has 16 heavy (non-hydrogen) atoms. The first-order chi connectivity index (χ1) is 7.74. The Morgan fingerprint density at radius 3 is 3.00 bits per heavy atom. The van der Waals surface area contributed by atoms with Crippen LogP contribution >= 0.6 is 11.8 Å².